The molecule has 0 bridgehead atoms. The van der Waals surface area contributed by atoms with Crippen LogP contribution < -0.4 is 0 Å². The second-order valence-electron chi connectivity index (χ2n) is 2.71. The molecule has 14 heavy (non-hydrogen) atoms. The Hall–Kier alpha value is -0.780. The maximum absolute atomic E-state index is 9.89. The molecule has 0 saturated carbocycles. The Bertz CT molecular complexity index is 418. The Balaban J connectivity index is 2.29. The van der Waals surface area contributed by atoms with Crippen molar-refractivity contribution in [3.8, 4) is 0 Å². The lowest BCUT2D eigenvalue weighted by Gasteiger charge is -2.05. The fraction of sp³-hybridized carbons (Fsp3) is 0.111. The lowest BCUT2D eigenvalue weighted by molar-refractivity contribution is 0.219. The van der Waals surface area contributed by atoms with Crippen LogP contribution in [0.5, 0.6) is 0 Å². The standard InChI is InChI=1S/C9H7BrN2OS/c10-9-12-11-8(14-9)7(13)6-4-2-1-3-5-6/h1-5,7,13H. The number of aromatic nitrogens is 2. The van der Waals surface area contributed by atoms with Crippen molar-refractivity contribution in [2.24, 2.45) is 0 Å². The first kappa shape index (κ1) is 9.76. The molecule has 1 aromatic heterocycles. The highest BCUT2D eigenvalue weighted by Crippen LogP contribution is 2.26. The van der Waals surface area contributed by atoms with Gasteiger partial charge in [-0.05, 0) is 21.5 Å². The molecule has 0 aliphatic rings. The van der Waals surface area contributed by atoms with Gasteiger partial charge in [-0.3, -0.25) is 0 Å². The van der Waals surface area contributed by atoms with Gasteiger partial charge < -0.3 is 5.11 Å². The largest absolute Gasteiger partial charge is 0.381 e. The molecule has 2 rings (SSSR count). The number of nitrogens with zero attached hydrogens (tertiary/aromatic N) is 2. The van der Waals surface area contributed by atoms with E-state index in [1.54, 1.807) is 0 Å². The van der Waals surface area contributed by atoms with Crippen molar-refractivity contribution < 1.29 is 5.11 Å². The van der Waals surface area contributed by atoms with E-state index in [1.807, 2.05) is 30.3 Å². The van der Waals surface area contributed by atoms with E-state index >= 15 is 0 Å². The summed E-state index contributed by atoms with van der Waals surface area (Å²) in [4.78, 5) is 0. The molecular formula is C9H7BrN2OS. The summed E-state index contributed by atoms with van der Waals surface area (Å²) in [5.74, 6) is 0. The molecule has 1 N–H and O–H groups in total. The van der Waals surface area contributed by atoms with Gasteiger partial charge in [-0.15, -0.1) is 10.2 Å². The van der Waals surface area contributed by atoms with Crippen molar-refractivity contribution in [2.45, 2.75) is 6.10 Å². The van der Waals surface area contributed by atoms with Crippen molar-refractivity contribution in [3.05, 3.63) is 44.8 Å². The number of hydrogen-bond acceptors (Lipinski definition) is 4. The van der Waals surface area contributed by atoms with E-state index in [2.05, 4.69) is 26.1 Å². The average Bonchev–Trinajstić information content (AvgIpc) is 2.65. The zero-order valence-electron chi connectivity index (χ0n) is 7.09. The predicted octanol–water partition coefficient (Wildman–Crippen LogP) is 2.38. The summed E-state index contributed by atoms with van der Waals surface area (Å²) < 4.78 is 0.683. The number of halogens is 1. The van der Waals surface area contributed by atoms with Gasteiger partial charge in [0.25, 0.3) is 0 Å². The second-order valence-corrected chi connectivity index (χ2v) is 4.99. The van der Waals surface area contributed by atoms with Crippen LogP contribution in [0.2, 0.25) is 0 Å². The zero-order chi connectivity index (χ0) is 9.97. The van der Waals surface area contributed by atoms with Crippen LogP contribution in [-0.2, 0) is 0 Å². The van der Waals surface area contributed by atoms with E-state index < -0.39 is 6.10 Å². The quantitative estimate of drug-likeness (QED) is 0.912. The Labute approximate surface area is 93.6 Å². The minimum atomic E-state index is -0.681. The minimum Gasteiger partial charge on any atom is -0.381 e. The fourth-order valence-electron chi connectivity index (χ4n) is 1.10. The fourth-order valence-corrected chi connectivity index (χ4v) is 2.26. The molecule has 0 amide bonds. The highest BCUT2D eigenvalue weighted by molar-refractivity contribution is 9.11. The monoisotopic (exact) mass is 270 g/mol. The SMILES string of the molecule is OC(c1ccccc1)c1nnc(Br)s1. The first-order valence-corrected chi connectivity index (χ1v) is 5.60. The molecule has 0 aliphatic heterocycles. The van der Waals surface area contributed by atoms with Gasteiger partial charge in [-0.1, -0.05) is 41.7 Å². The van der Waals surface area contributed by atoms with E-state index in [0.717, 1.165) is 5.56 Å². The van der Waals surface area contributed by atoms with Crippen molar-refractivity contribution >= 4 is 27.3 Å². The number of rotatable bonds is 2. The first-order valence-electron chi connectivity index (χ1n) is 3.99. The van der Waals surface area contributed by atoms with Crippen LogP contribution in [0.1, 0.15) is 16.7 Å². The summed E-state index contributed by atoms with van der Waals surface area (Å²) in [7, 11) is 0. The van der Waals surface area contributed by atoms with Crippen LogP contribution in [0.25, 0.3) is 0 Å². The number of benzene rings is 1. The number of aliphatic hydroxyl groups is 1. The molecule has 72 valence electrons. The molecule has 1 aromatic carbocycles. The van der Waals surface area contributed by atoms with Crippen LogP contribution in [0, 0.1) is 0 Å². The van der Waals surface area contributed by atoms with Crippen LogP contribution in [0.4, 0.5) is 0 Å². The van der Waals surface area contributed by atoms with Gasteiger partial charge in [0.2, 0.25) is 0 Å². The molecule has 1 unspecified atom stereocenters. The first-order chi connectivity index (χ1) is 6.77. The molecule has 5 heteroatoms. The molecule has 1 atom stereocenters. The van der Waals surface area contributed by atoms with Crippen LogP contribution in [0.3, 0.4) is 0 Å². The maximum Gasteiger partial charge on any atom is 0.183 e. The highest BCUT2D eigenvalue weighted by atomic mass is 79.9. The van der Waals surface area contributed by atoms with Gasteiger partial charge in [0.05, 0.1) is 0 Å². The van der Waals surface area contributed by atoms with Gasteiger partial charge in [0.15, 0.2) is 8.92 Å². The summed E-state index contributed by atoms with van der Waals surface area (Å²) in [6.45, 7) is 0. The highest BCUT2D eigenvalue weighted by Gasteiger charge is 2.14. The van der Waals surface area contributed by atoms with E-state index in [-0.39, 0.29) is 0 Å². The number of aliphatic hydroxyl groups excluding tert-OH is 1. The van der Waals surface area contributed by atoms with E-state index in [9.17, 15) is 5.11 Å². The summed E-state index contributed by atoms with van der Waals surface area (Å²) in [6.07, 6.45) is -0.681. The summed E-state index contributed by atoms with van der Waals surface area (Å²) in [6, 6.07) is 9.40. The molecule has 0 saturated heterocycles. The van der Waals surface area contributed by atoms with Crippen molar-refractivity contribution in [2.75, 3.05) is 0 Å². The van der Waals surface area contributed by atoms with E-state index in [1.165, 1.54) is 11.3 Å². The summed E-state index contributed by atoms with van der Waals surface area (Å²) in [5, 5.41) is 18.1. The summed E-state index contributed by atoms with van der Waals surface area (Å²) in [5.41, 5.74) is 0.830. The molecule has 0 spiro atoms. The van der Waals surface area contributed by atoms with Gasteiger partial charge in [-0.25, -0.2) is 0 Å². The molecular weight excluding hydrogens is 264 g/mol. The third-order valence-corrected chi connectivity index (χ3v) is 3.17. The van der Waals surface area contributed by atoms with E-state index in [4.69, 9.17) is 0 Å². The lowest BCUT2D eigenvalue weighted by atomic mass is 10.1. The normalized spacial score (nSPS) is 12.7. The Morgan fingerprint density at radius 2 is 1.93 bits per heavy atom. The minimum absolute atomic E-state index is 0.600. The molecule has 0 aliphatic carbocycles. The molecule has 0 fully saturated rings. The topological polar surface area (TPSA) is 46.0 Å². The van der Waals surface area contributed by atoms with Crippen molar-refractivity contribution in [3.63, 3.8) is 0 Å². The van der Waals surface area contributed by atoms with Crippen molar-refractivity contribution in [1.29, 1.82) is 0 Å². The Morgan fingerprint density at radius 3 is 2.50 bits per heavy atom. The van der Waals surface area contributed by atoms with Gasteiger partial charge in [-0.2, -0.15) is 0 Å². The molecule has 3 nitrogen and oxygen atoms in total. The zero-order valence-corrected chi connectivity index (χ0v) is 9.49. The third-order valence-electron chi connectivity index (χ3n) is 1.77. The second kappa shape index (κ2) is 4.16. The predicted molar refractivity (Wildman–Crippen MR) is 58.1 cm³/mol. The van der Waals surface area contributed by atoms with Gasteiger partial charge in [0.1, 0.15) is 6.10 Å². The Morgan fingerprint density at radius 1 is 1.21 bits per heavy atom. The third kappa shape index (κ3) is 2.00. The van der Waals surface area contributed by atoms with Gasteiger partial charge in [0, 0.05) is 0 Å². The lowest BCUT2D eigenvalue weighted by Crippen LogP contribution is -1.98. The van der Waals surface area contributed by atoms with Crippen LogP contribution in [0.15, 0.2) is 34.2 Å². The smallest absolute Gasteiger partial charge is 0.183 e. The van der Waals surface area contributed by atoms with Crippen LogP contribution >= 0.6 is 27.3 Å². The molecule has 1 heterocycles. The number of hydrogen-bond donors (Lipinski definition) is 1. The Kier molecular flexibility index (Phi) is 2.90. The molecule has 2 aromatic rings. The van der Waals surface area contributed by atoms with Crippen molar-refractivity contribution in [1.82, 2.24) is 10.2 Å². The maximum atomic E-state index is 9.89. The van der Waals surface area contributed by atoms with E-state index in [0.29, 0.717) is 8.92 Å². The van der Waals surface area contributed by atoms with Crippen LogP contribution in [-0.4, -0.2) is 15.3 Å². The average molecular weight is 271 g/mol. The molecule has 0 radical (unpaired) electrons. The summed E-state index contributed by atoms with van der Waals surface area (Å²) >= 11 is 4.54. The van der Waals surface area contributed by atoms with Gasteiger partial charge >= 0.3 is 0 Å².